The van der Waals surface area contributed by atoms with Crippen molar-refractivity contribution in [2.45, 2.75) is 51.1 Å². The monoisotopic (exact) mass is 457 g/mol. The summed E-state index contributed by atoms with van der Waals surface area (Å²) < 4.78 is 37.8. The summed E-state index contributed by atoms with van der Waals surface area (Å²) in [5.74, 6) is -0.158. The van der Waals surface area contributed by atoms with Crippen LogP contribution in [0.4, 0.5) is 24.5 Å². The minimum absolute atomic E-state index is 0.476. The molecule has 0 spiro atoms. The first kappa shape index (κ1) is 24.2. The van der Waals surface area contributed by atoms with Crippen LogP contribution in [-0.4, -0.2) is 21.0 Å². The highest BCUT2D eigenvalue weighted by Gasteiger charge is 2.32. The van der Waals surface area contributed by atoms with Crippen LogP contribution in [0.3, 0.4) is 0 Å². The number of nitrogens with zero attached hydrogens (tertiary/aromatic N) is 2. The molecule has 33 heavy (non-hydrogen) atoms. The Labute approximate surface area is 190 Å². The Hall–Kier alpha value is -3.42. The third-order valence-electron chi connectivity index (χ3n) is 5.39. The van der Waals surface area contributed by atoms with Crippen LogP contribution in [0.1, 0.15) is 56.2 Å². The number of carboxylic acid groups (broad SMARTS) is 1. The highest BCUT2D eigenvalue weighted by atomic mass is 19.4. The molecule has 1 aliphatic carbocycles. The lowest BCUT2D eigenvalue weighted by Crippen LogP contribution is -2.07. The third kappa shape index (κ3) is 7.30. The minimum atomic E-state index is -4.44. The molecule has 1 fully saturated rings. The standard InChI is InChI=1S/C23H22F3N3.C2H4O2/c24-23(25,26)22-13-11-20(15-28-22)29-19-10-12-21(27-14-19)18-8-6-17(7-9-18)16-4-2-1-3-5-16;1-2(3)4/h6-16,29H,1-5H2;1H3,(H,3,4). The number of pyridine rings is 2. The van der Waals surface area contributed by atoms with Crippen LogP contribution in [0.5, 0.6) is 0 Å². The summed E-state index contributed by atoms with van der Waals surface area (Å²) >= 11 is 0. The van der Waals surface area contributed by atoms with Crippen molar-refractivity contribution in [3.05, 3.63) is 72.2 Å². The summed E-state index contributed by atoms with van der Waals surface area (Å²) in [7, 11) is 0. The predicted octanol–water partition coefficient (Wildman–Crippen LogP) is 7.04. The van der Waals surface area contributed by atoms with Gasteiger partial charge in [0.05, 0.1) is 29.5 Å². The Morgan fingerprint density at radius 3 is 1.97 bits per heavy atom. The maximum absolute atomic E-state index is 12.6. The van der Waals surface area contributed by atoms with E-state index >= 15 is 0 Å². The zero-order valence-corrected chi connectivity index (χ0v) is 18.3. The van der Waals surface area contributed by atoms with Crippen molar-refractivity contribution < 1.29 is 23.1 Å². The van der Waals surface area contributed by atoms with Crippen LogP contribution >= 0.6 is 0 Å². The molecule has 0 radical (unpaired) electrons. The second-order valence-electron chi connectivity index (χ2n) is 7.96. The van der Waals surface area contributed by atoms with E-state index in [0.717, 1.165) is 24.2 Å². The zero-order valence-electron chi connectivity index (χ0n) is 18.3. The van der Waals surface area contributed by atoms with Gasteiger partial charge in [-0.15, -0.1) is 0 Å². The fraction of sp³-hybridized carbons (Fsp3) is 0.320. The van der Waals surface area contributed by atoms with Gasteiger partial charge < -0.3 is 10.4 Å². The van der Waals surface area contributed by atoms with E-state index in [9.17, 15) is 13.2 Å². The molecule has 4 rings (SSSR count). The Balaban J connectivity index is 0.000000709. The first-order valence-corrected chi connectivity index (χ1v) is 10.8. The first-order chi connectivity index (χ1) is 15.7. The topological polar surface area (TPSA) is 75.1 Å². The Morgan fingerprint density at radius 2 is 1.48 bits per heavy atom. The van der Waals surface area contributed by atoms with E-state index in [0.29, 0.717) is 17.3 Å². The smallest absolute Gasteiger partial charge is 0.433 e. The first-order valence-electron chi connectivity index (χ1n) is 10.8. The molecule has 0 unspecified atom stereocenters. The van der Waals surface area contributed by atoms with Gasteiger partial charge in [-0.3, -0.25) is 9.78 Å². The Bertz CT molecular complexity index is 1020. The third-order valence-corrected chi connectivity index (χ3v) is 5.39. The van der Waals surface area contributed by atoms with Gasteiger partial charge in [0.1, 0.15) is 5.69 Å². The van der Waals surface area contributed by atoms with Gasteiger partial charge in [-0.1, -0.05) is 43.5 Å². The van der Waals surface area contributed by atoms with Gasteiger partial charge >= 0.3 is 6.18 Å². The van der Waals surface area contributed by atoms with Crippen molar-refractivity contribution in [2.24, 2.45) is 0 Å². The Kier molecular flexibility index (Phi) is 8.03. The molecule has 8 heteroatoms. The average Bonchev–Trinajstić information content (AvgIpc) is 2.80. The number of rotatable bonds is 4. The molecule has 5 nitrogen and oxygen atoms in total. The normalized spacial score (nSPS) is 14.2. The van der Waals surface area contributed by atoms with Crippen LogP contribution < -0.4 is 5.32 Å². The highest BCUT2D eigenvalue weighted by molar-refractivity contribution is 5.64. The van der Waals surface area contributed by atoms with E-state index in [1.165, 1.54) is 49.9 Å². The van der Waals surface area contributed by atoms with Gasteiger partial charge in [0.25, 0.3) is 5.97 Å². The SMILES string of the molecule is CC(=O)O.FC(F)(F)c1ccc(Nc2ccc(-c3ccc(C4CCCCC4)cc3)nc2)cn1. The zero-order chi connectivity index (χ0) is 23.8. The van der Waals surface area contributed by atoms with Crippen LogP contribution in [0.25, 0.3) is 11.3 Å². The van der Waals surface area contributed by atoms with Gasteiger partial charge in [0.2, 0.25) is 0 Å². The fourth-order valence-electron chi connectivity index (χ4n) is 3.80. The van der Waals surface area contributed by atoms with Crippen LogP contribution in [0.15, 0.2) is 60.9 Å². The predicted molar refractivity (Wildman–Crippen MR) is 121 cm³/mol. The van der Waals surface area contributed by atoms with E-state index in [-0.39, 0.29) is 0 Å². The van der Waals surface area contributed by atoms with Gasteiger partial charge in [0.15, 0.2) is 0 Å². The van der Waals surface area contributed by atoms with Crippen molar-refractivity contribution >= 4 is 17.3 Å². The summed E-state index contributed by atoms with van der Waals surface area (Å²) in [5, 5.41) is 10.4. The molecule has 0 atom stereocenters. The number of hydrogen-bond donors (Lipinski definition) is 2. The lowest BCUT2D eigenvalue weighted by Gasteiger charge is -2.22. The number of anilines is 2. The fourth-order valence-corrected chi connectivity index (χ4v) is 3.80. The molecule has 3 aromatic rings. The number of carbonyl (C=O) groups is 1. The second-order valence-corrected chi connectivity index (χ2v) is 7.96. The van der Waals surface area contributed by atoms with Crippen LogP contribution in [0.2, 0.25) is 0 Å². The van der Waals surface area contributed by atoms with Gasteiger partial charge in [0, 0.05) is 12.5 Å². The number of aliphatic carboxylic acids is 1. The maximum Gasteiger partial charge on any atom is 0.433 e. The molecule has 0 aliphatic heterocycles. The minimum Gasteiger partial charge on any atom is -0.481 e. The number of alkyl halides is 3. The van der Waals surface area contributed by atoms with Crippen molar-refractivity contribution in [2.75, 3.05) is 5.32 Å². The van der Waals surface area contributed by atoms with E-state index in [1.54, 1.807) is 6.20 Å². The number of benzene rings is 1. The van der Waals surface area contributed by atoms with Crippen molar-refractivity contribution in [1.29, 1.82) is 0 Å². The van der Waals surface area contributed by atoms with Gasteiger partial charge in [-0.2, -0.15) is 13.2 Å². The molecule has 0 amide bonds. The van der Waals surface area contributed by atoms with Gasteiger partial charge in [-0.05, 0) is 48.6 Å². The number of nitrogens with one attached hydrogen (secondary N) is 1. The van der Waals surface area contributed by atoms with Gasteiger partial charge in [-0.25, -0.2) is 4.98 Å². The summed E-state index contributed by atoms with van der Waals surface area (Å²) in [5.41, 5.74) is 3.57. The summed E-state index contributed by atoms with van der Waals surface area (Å²) in [6.45, 7) is 1.08. The quantitative estimate of drug-likeness (QED) is 0.439. The molecule has 1 aromatic carbocycles. The molecular weight excluding hydrogens is 431 g/mol. The molecule has 1 saturated carbocycles. The molecule has 174 valence electrons. The summed E-state index contributed by atoms with van der Waals surface area (Å²) in [4.78, 5) is 16.9. The second kappa shape index (κ2) is 10.9. The number of aromatic nitrogens is 2. The molecule has 0 saturated heterocycles. The van der Waals surface area contributed by atoms with Crippen LogP contribution in [-0.2, 0) is 11.0 Å². The summed E-state index contributed by atoms with van der Waals surface area (Å²) in [6.07, 6.45) is 4.93. The lowest BCUT2D eigenvalue weighted by molar-refractivity contribution is -0.141. The van der Waals surface area contributed by atoms with Crippen LogP contribution in [0, 0.1) is 0 Å². The largest absolute Gasteiger partial charge is 0.481 e. The molecule has 2 aromatic heterocycles. The molecular formula is C25H26F3N3O2. The summed E-state index contributed by atoms with van der Waals surface area (Å²) in [6, 6.07) is 14.7. The molecule has 1 aliphatic rings. The highest BCUT2D eigenvalue weighted by Crippen LogP contribution is 2.33. The number of halogens is 3. The number of carboxylic acids is 1. The number of hydrogen-bond acceptors (Lipinski definition) is 4. The van der Waals surface area contributed by atoms with Crippen molar-refractivity contribution in [3.63, 3.8) is 0 Å². The molecule has 2 N–H and O–H groups in total. The van der Waals surface area contributed by atoms with Crippen molar-refractivity contribution in [3.8, 4) is 11.3 Å². The maximum atomic E-state index is 12.6. The van der Waals surface area contributed by atoms with E-state index < -0.39 is 17.8 Å². The van der Waals surface area contributed by atoms with E-state index in [4.69, 9.17) is 9.90 Å². The molecule has 2 heterocycles. The Morgan fingerprint density at radius 1 is 0.909 bits per heavy atom. The average molecular weight is 457 g/mol. The lowest BCUT2D eigenvalue weighted by atomic mass is 9.84. The van der Waals surface area contributed by atoms with E-state index in [1.807, 2.05) is 12.1 Å². The van der Waals surface area contributed by atoms with Crippen molar-refractivity contribution in [1.82, 2.24) is 9.97 Å². The van der Waals surface area contributed by atoms with E-state index in [2.05, 4.69) is 39.6 Å². The molecule has 0 bridgehead atoms.